The first-order chi connectivity index (χ1) is 9.77. The number of pyridine rings is 1. The van der Waals surface area contributed by atoms with Gasteiger partial charge in [0, 0.05) is 11.1 Å². The van der Waals surface area contributed by atoms with Gasteiger partial charge in [0.15, 0.2) is 0 Å². The molecule has 1 fully saturated rings. The van der Waals surface area contributed by atoms with Crippen molar-refractivity contribution in [3.8, 4) is 0 Å². The highest BCUT2D eigenvalue weighted by Gasteiger charge is 2.42. The zero-order valence-electron chi connectivity index (χ0n) is 13.5. The lowest BCUT2D eigenvalue weighted by Gasteiger charge is -2.45. The molecular formula is C19H25NO. The van der Waals surface area contributed by atoms with Crippen molar-refractivity contribution in [2.24, 2.45) is 11.3 Å². The first-order valence-electron chi connectivity index (χ1n) is 7.88. The van der Waals surface area contributed by atoms with Gasteiger partial charge in [-0.25, -0.2) is 0 Å². The summed E-state index contributed by atoms with van der Waals surface area (Å²) in [5.74, 6) is 0.547. The van der Waals surface area contributed by atoms with Crippen molar-refractivity contribution in [2.75, 3.05) is 0 Å². The molecule has 0 radical (unpaired) electrons. The number of rotatable bonds is 1. The zero-order chi connectivity index (χ0) is 15.3. The molecule has 21 heavy (non-hydrogen) atoms. The smallest absolute Gasteiger partial charge is 0.0904 e. The SMILES string of the molecule is Cc1ccc2cc(C3(O)CC(C)CC(C)(C)C3)ccc2n1. The van der Waals surface area contributed by atoms with Gasteiger partial charge in [0.05, 0.1) is 11.1 Å². The molecule has 1 aromatic carbocycles. The predicted octanol–water partition coefficient (Wildman–Crippen LogP) is 4.58. The number of nitrogens with zero attached hydrogens (tertiary/aromatic N) is 1. The molecule has 1 heterocycles. The topological polar surface area (TPSA) is 33.1 Å². The molecule has 1 aliphatic rings. The summed E-state index contributed by atoms with van der Waals surface area (Å²) in [6, 6.07) is 10.4. The highest BCUT2D eigenvalue weighted by molar-refractivity contribution is 5.79. The standard InChI is InChI=1S/C19H25NO/c1-13-10-18(3,4)12-19(21,11-13)16-7-8-17-15(9-16)6-5-14(2)20-17/h5-9,13,21H,10-12H2,1-4H3. The maximum Gasteiger partial charge on any atom is 0.0904 e. The van der Waals surface area contributed by atoms with Crippen LogP contribution in [0, 0.1) is 18.3 Å². The first kappa shape index (κ1) is 14.5. The van der Waals surface area contributed by atoms with Gasteiger partial charge in [0.25, 0.3) is 0 Å². The Kier molecular flexibility index (Phi) is 3.32. The lowest BCUT2D eigenvalue weighted by molar-refractivity contribution is -0.0634. The van der Waals surface area contributed by atoms with Crippen molar-refractivity contribution in [2.45, 2.75) is 52.6 Å². The molecular weight excluding hydrogens is 258 g/mol. The number of fused-ring (bicyclic) bond motifs is 1. The second-order valence-electron chi connectivity index (χ2n) is 7.75. The van der Waals surface area contributed by atoms with Gasteiger partial charge in [-0.15, -0.1) is 0 Å². The Balaban J connectivity index is 2.04. The highest BCUT2D eigenvalue weighted by Crippen LogP contribution is 2.48. The van der Waals surface area contributed by atoms with E-state index in [9.17, 15) is 5.11 Å². The van der Waals surface area contributed by atoms with Crippen molar-refractivity contribution < 1.29 is 5.11 Å². The third-order valence-electron chi connectivity index (χ3n) is 4.72. The Hall–Kier alpha value is -1.41. The molecule has 112 valence electrons. The maximum atomic E-state index is 11.2. The van der Waals surface area contributed by atoms with Gasteiger partial charge in [0.1, 0.15) is 0 Å². The third kappa shape index (κ3) is 2.82. The van der Waals surface area contributed by atoms with E-state index in [-0.39, 0.29) is 5.41 Å². The summed E-state index contributed by atoms with van der Waals surface area (Å²) in [6.07, 6.45) is 2.86. The Morgan fingerprint density at radius 3 is 2.62 bits per heavy atom. The average Bonchev–Trinajstić information content (AvgIpc) is 2.35. The number of hydrogen-bond donors (Lipinski definition) is 1. The van der Waals surface area contributed by atoms with Gasteiger partial charge in [0.2, 0.25) is 0 Å². The van der Waals surface area contributed by atoms with E-state index in [1.54, 1.807) is 0 Å². The van der Waals surface area contributed by atoms with E-state index in [4.69, 9.17) is 0 Å². The maximum absolute atomic E-state index is 11.2. The molecule has 1 N–H and O–H groups in total. The van der Waals surface area contributed by atoms with E-state index < -0.39 is 5.60 Å². The van der Waals surface area contributed by atoms with Crippen LogP contribution in [0.4, 0.5) is 0 Å². The summed E-state index contributed by atoms with van der Waals surface area (Å²) >= 11 is 0. The Morgan fingerprint density at radius 2 is 1.90 bits per heavy atom. The van der Waals surface area contributed by atoms with Crippen LogP contribution in [0.3, 0.4) is 0 Å². The molecule has 3 rings (SSSR count). The monoisotopic (exact) mass is 283 g/mol. The van der Waals surface area contributed by atoms with Crippen LogP contribution < -0.4 is 0 Å². The van der Waals surface area contributed by atoms with Gasteiger partial charge >= 0.3 is 0 Å². The molecule has 2 aromatic rings. The summed E-state index contributed by atoms with van der Waals surface area (Å²) < 4.78 is 0. The van der Waals surface area contributed by atoms with Crippen LogP contribution in [0.1, 0.15) is 51.3 Å². The molecule has 2 nitrogen and oxygen atoms in total. The zero-order valence-corrected chi connectivity index (χ0v) is 13.5. The van der Waals surface area contributed by atoms with E-state index in [0.29, 0.717) is 5.92 Å². The predicted molar refractivity (Wildman–Crippen MR) is 87.2 cm³/mol. The minimum absolute atomic E-state index is 0.187. The minimum atomic E-state index is -0.708. The number of benzene rings is 1. The fourth-order valence-electron chi connectivity index (χ4n) is 4.26. The van der Waals surface area contributed by atoms with Crippen LogP contribution in [0.25, 0.3) is 10.9 Å². The van der Waals surface area contributed by atoms with Gasteiger partial charge in [-0.2, -0.15) is 0 Å². The molecule has 0 aliphatic heterocycles. The Bertz CT molecular complexity index is 676. The normalized spacial score (nSPS) is 28.7. The molecule has 0 amide bonds. The summed E-state index contributed by atoms with van der Waals surface area (Å²) in [5.41, 5.74) is 2.56. The largest absolute Gasteiger partial charge is 0.385 e. The Morgan fingerprint density at radius 1 is 1.14 bits per heavy atom. The van der Waals surface area contributed by atoms with Crippen molar-refractivity contribution in [3.63, 3.8) is 0 Å². The second-order valence-corrected chi connectivity index (χ2v) is 7.75. The number of aliphatic hydroxyl groups is 1. The lowest BCUT2D eigenvalue weighted by Crippen LogP contribution is -2.39. The molecule has 1 aliphatic carbocycles. The number of aromatic nitrogens is 1. The molecule has 0 bridgehead atoms. The van der Waals surface area contributed by atoms with Gasteiger partial charge in [-0.3, -0.25) is 4.98 Å². The van der Waals surface area contributed by atoms with Gasteiger partial charge in [-0.05, 0) is 61.3 Å². The van der Waals surface area contributed by atoms with E-state index in [1.807, 2.05) is 19.1 Å². The van der Waals surface area contributed by atoms with Crippen molar-refractivity contribution in [1.29, 1.82) is 0 Å². The number of hydrogen-bond acceptors (Lipinski definition) is 2. The average molecular weight is 283 g/mol. The van der Waals surface area contributed by atoms with Crippen molar-refractivity contribution in [3.05, 3.63) is 41.6 Å². The summed E-state index contributed by atoms with van der Waals surface area (Å²) in [6.45, 7) is 8.78. The van der Waals surface area contributed by atoms with Gasteiger partial charge in [-0.1, -0.05) is 32.9 Å². The quantitative estimate of drug-likeness (QED) is 0.831. The van der Waals surface area contributed by atoms with Crippen LogP contribution in [0.5, 0.6) is 0 Å². The molecule has 1 aromatic heterocycles. The molecule has 2 atom stereocenters. The Labute approximate surface area is 127 Å². The van der Waals surface area contributed by atoms with Crippen molar-refractivity contribution >= 4 is 10.9 Å². The minimum Gasteiger partial charge on any atom is -0.385 e. The van der Waals surface area contributed by atoms with Crippen LogP contribution >= 0.6 is 0 Å². The van der Waals surface area contributed by atoms with E-state index >= 15 is 0 Å². The van der Waals surface area contributed by atoms with E-state index in [0.717, 1.165) is 35.0 Å². The summed E-state index contributed by atoms with van der Waals surface area (Å²) in [5, 5.41) is 12.4. The molecule has 0 saturated heterocycles. The second kappa shape index (κ2) is 4.81. The molecule has 2 heteroatoms. The van der Waals surface area contributed by atoms with E-state index in [2.05, 4.69) is 44.0 Å². The van der Waals surface area contributed by atoms with Crippen LogP contribution in [-0.4, -0.2) is 10.1 Å². The fraction of sp³-hybridized carbons (Fsp3) is 0.526. The van der Waals surface area contributed by atoms with Crippen LogP contribution in [0.15, 0.2) is 30.3 Å². The lowest BCUT2D eigenvalue weighted by atomic mass is 9.64. The molecule has 1 saturated carbocycles. The van der Waals surface area contributed by atoms with Gasteiger partial charge < -0.3 is 5.11 Å². The molecule has 2 unspecified atom stereocenters. The highest BCUT2D eigenvalue weighted by atomic mass is 16.3. The van der Waals surface area contributed by atoms with Crippen LogP contribution in [0.2, 0.25) is 0 Å². The summed E-state index contributed by atoms with van der Waals surface area (Å²) in [7, 11) is 0. The fourth-order valence-corrected chi connectivity index (χ4v) is 4.26. The third-order valence-corrected chi connectivity index (χ3v) is 4.72. The van der Waals surface area contributed by atoms with Crippen molar-refractivity contribution in [1.82, 2.24) is 4.98 Å². The van der Waals surface area contributed by atoms with Crippen LogP contribution in [-0.2, 0) is 5.60 Å². The summed E-state index contributed by atoms with van der Waals surface area (Å²) in [4.78, 5) is 4.55. The molecule has 0 spiro atoms. The van der Waals surface area contributed by atoms with E-state index in [1.165, 1.54) is 6.42 Å². The first-order valence-corrected chi connectivity index (χ1v) is 7.88. The number of aryl methyl sites for hydroxylation is 1.